The maximum atomic E-state index is 12.4. The van der Waals surface area contributed by atoms with Gasteiger partial charge >= 0.3 is 0 Å². The van der Waals surface area contributed by atoms with E-state index in [9.17, 15) is 4.79 Å². The molecular weight excluding hydrogens is 244 g/mol. The third-order valence-electron chi connectivity index (χ3n) is 3.42. The van der Waals surface area contributed by atoms with Crippen LogP contribution in [0.4, 0.5) is 0 Å². The summed E-state index contributed by atoms with van der Waals surface area (Å²) >= 11 is 0. The van der Waals surface area contributed by atoms with Gasteiger partial charge < -0.3 is 15.0 Å². The average Bonchev–Trinajstić information content (AvgIpc) is 2.98. The topological polar surface area (TPSA) is 59.4 Å². The van der Waals surface area contributed by atoms with E-state index in [1.165, 1.54) is 0 Å². The summed E-state index contributed by atoms with van der Waals surface area (Å²) in [5.74, 6) is 0.0499. The van der Waals surface area contributed by atoms with E-state index in [1.807, 2.05) is 27.2 Å². The summed E-state index contributed by atoms with van der Waals surface area (Å²) in [5.41, 5.74) is 1.04. The molecule has 1 saturated heterocycles. The molecule has 0 spiro atoms. The van der Waals surface area contributed by atoms with E-state index in [1.54, 1.807) is 15.8 Å². The molecule has 6 heteroatoms. The molecule has 0 aromatic carbocycles. The van der Waals surface area contributed by atoms with Gasteiger partial charge in [-0.2, -0.15) is 5.10 Å². The highest BCUT2D eigenvalue weighted by atomic mass is 16.5. The van der Waals surface area contributed by atoms with Gasteiger partial charge in [0, 0.05) is 38.4 Å². The molecule has 2 atom stereocenters. The van der Waals surface area contributed by atoms with Crippen molar-refractivity contribution >= 4 is 5.91 Å². The number of ether oxygens (including phenoxy) is 1. The van der Waals surface area contributed by atoms with E-state index in [2.05, 4.69) is 10.4 Å². The van der Waals surface area contributed by atoms with Gasteiger partial charge in [0.15, 0.2) is 0 Å². The molecule has 1 aromatic rings. The third kappa shape index (κ3) is 3.33. The van der Waals surface area contributed by atoms with E-state index in [4.69, 9.17) is 4.74 Å². The average molecular weight is 266 g/mol. The maximum absolute atomic E-state index is 12.4. The Labute approximate surface area is 113 Å². The number of carbonyl (C=O) groups is 1. The molecule has 1 aromatic heterocycles. The Bertz CT molecular complexity index is 432. The van der Waals surface area contributed by atoms with Crippen molar-refractivity contribution in [1.82, 2.24) is 20.0 Å². The fourth-order valence-corrected chi connectivity index (χ4v) is 2.45. The van der Waals surface area contributed by atoms with E-state index in [-0.39, 0.29) is 17.9 Å². The summed E-state index contributed by atoms with van der Waals surface area (Å²) in [4.78, 5) is 14.2. The second-order valence-corrected chi connectivity index (χ2v) is 5.02. The molecule has 1 N–H and O–H groups in total. The lowest BCUT2D eigenvalue weighted by atomic mass is 10.0. The van der Waals surface area contributed by atoms with Gasteiger partial charge in [-0.3, -0.25) is 9.48 Å². The molecule has 6 nitrogen and oxygen atoms in total. The van der Waals surface area contributed by atoms with Gasteiger partial charge in [-0.15, -0.1) is 0 Å². The molecular formula is C13H22N4O2. The lowest BCUT2D eigenvalue weighted by molar-refractivity contribution is -0.135. The first kappa shape index (κ1) is 14.0. The van der Waals surface area contributed by atoms with E-state index >= 15 is 0 Å². The Balaban J connectivity index is 1.94. The van der Waals surface area contributed by atoms with Crippen LogP contribution in [0.15, 0.2) is 12.4 Å². The van der Waals surface area contributed by atoms with Gasteiger partial charge in [-0.05, 0) is 6.54 Å². The van der Waals surface area contributed by atoms with Crippen LogP contribution in [0.1, 0.15) is 12.5 Å². The Kier molecular flexibility index (Phi) is 4.55. The van der Waals surface area contributed by atoms with E-state index in [0.29, 0.717) is 19.8 Å². The van der Waals surface area contributed by atoms with Crippen LogP contribution >= 0.6 is 0 Å². The van der Waals surface area contributed by atoms with Crippen LogP contribution < -0.4 is 5.32 Å². The van der Waals surface area contributed by atoms with E-state index < -0.39 is 0 Å². The molecule has 1 fully saturated rings. The summed E-state index contributed by atoms with van der Waals surface area (Å²) in [6.07, 6.45) is 3.72. The van der Waals surface area contributed by atoms with Crippen molar-refractivity contribution in [3.05, 3.63) is 18.0 Å². The highest BCUT2D eigenvalue weighted by molar-refractivity contribution is 5.79. The zero-order chi connectivity index (χ0) is 13.8. The van der Waals surface area contributed by atoms with Crippen molar-refractivity contribution in [2.24, 2.45) is 13.0 Å². The number of nitrogens with one attached hydrogen (secondary N) is 1. The molecule has 0 bridgehead atoms. The molecule has 106 valence electrons. The zero-order valence-corrected chi connectivity index (χ0v) is 11.8. The monoisotopic (exact) mass is 266 g/mol. The molecule has 1 amide bonds. The lowest BCUT2D eigenvalue weighted by Gasteiger charge is -2.23. The van der Waals surface area contributed by atoms with Crippen LogP contribution in [0, 0.1) is 5.92 Å². The van der Waals surface area contributed by atoms with Crippen LogP contribution in [0.25, 0.3) is 0 Å². The van der Waals surface area contributed by atoms with Crippen LogP contribution in [0.3, 0.4) is 0 Å². The molecule has 0 saturated carbocycles. The van der Waals surface area contributed by atoms with Crippen molar-refractivity contribution in [3.63, 3.8) is 0 Å². The number of hydrogen-bond donors (Lipinski definition) is 1. The first-order chi connectivity index (χ1) is 9.11. The maximum Gasteiger partial charge on any atom is 0.229 e. The predicted molar refractivity (Wildman–Crippen MR) is 71.5 cm³/mol. The number of rotatable bonds is 5. The van der Waals surface area contributed by atoms with Crippen molar-refractivity contribution in [1.29, 1.82) is 0 Å². The van der Waals surface area contributed by atoms with Crippen LogP contribution in [0.5, 0.6) is 0 Å². The molecule has 0 aliphatic carbocycles. The Morgan fingerprint density at radius 1 is 1.63 bits per heavy atom. The SMILES string of the molecule is CCNC1COCC1C(=O)N(C)Cc1cnn(C)c1. The first-order valence-electron chi connectivity index (χ1n) is 6.65. The van der Waals surface area contributed by atoms with Gasteiger partial charge in [-0.25, -0.2) is 0 Å². The number of likely N-dealkylation sites (N-methyl/N-ethyl adjacent to an activating group) is 1. The molecule has 1 aliphatic heterocycles. The third-order valence-corrected chi connectivity index (χ3v) is 3.42. The molecule has 19 heavy (non-hydrogen) atoms. The molecule has 2 heterocycles. The van der Waals surface area contributed by atoms with Gasteiger partial charge in [0.25, 0.3) is 0 Å². The van der Waals surface area contributed by atoms with E-state index in [0.717, 1.165) is 12.1 Å². The predicted octanol–water partition coefficient (Wildman–Crippen LogP) is 0.00300. The second kappa shape index (κ2) is 6.16. The summed E-state index contributed by atoms with van der Waals surface area (Å²) in [5, 5.41) is 7.42. The normalized spacial score (nSPS) is 22.7. The number of amides is 1. The fraction of sp³-hybridized carbons (Fsp3) is 0.692. The summed E-state index contributed by atoms with van der Waals surface area (Å²) < 4.78 is 7.17. The number of hydrogen-bond acceptors (Lipinski definition) is 4. The standard InChI is InChI=1S/C13H22N4O2/c1-4-14-12-9-19-8-11(12)13(18)16(2)6-10-5-15-17(3)7-10/h5,7,11-12,14H,4,6,8-9H2,1-3H3. The molecule has 1 aliphatic rings. The minimum atomic E-state index is -0.0818. The van der Waals surface area contributed by atoms with Crippen LogP contribution in [-0.4, -0.2) is 53.4 Å². The van der Waals surface area contributed by atoms with Gasteiger partial charge in [-0.1, -0.05) is 6.92 Å². The Morgan fingerprint density at radius 3 is 3.05 bits per heavy atom. The highest BCUT2D eigenvalue weighted by Gasteiger charge is 2.35. The number of nitrogens with zero attached hydrogens (tertiary/aromatic N) is 3. The van der Waals surface area contributed by atoms with Crippen LogP contribution in [0.2, 0.25) is 0 Å². The van der Waals surface area contributed by atoms with Crippen molar-refractivity contribution < 1.29 is 9.53 Å². The van der Waals surface area contributed by atoms with Gasteiger partial charge in [0.2, 0.25) is 5.91 Å². The van der Waals surface area contributed by atoms with Crippen molar-refractivity contribution in [2.75, 3.05) is 26.8 Å². The molecule has 2 rings (SSSR count). The lowest BCUT2D eigenvalue weighted by Crippen LogP contribution is -2.44. The van der Waals surface area contributed by atoms with Crippen molar-refractivity contribution in [2.45, 2.75) is 19.5 Å². The van der Waals surface area contributed by atoms with Crippen LogP contribution in [-0.2, 0) is 23.1 Å². The Hall–Kier alpha value is -1.40. The second-order valence-electron chi connectivity index (χ2n) is 5.02. The summed E-state index contributed by atoms with van der Waals surface area (Å²) in [6, 6.07) is 0.133. The Morgan fingerprint density at radius 2 is 2.42 bits per heavy atom. The minimum Gasteiger partial charge on any atom is -0.379 e. The minimum absolute atomic E-state index is 0.0818. The highest BCUT2D eigenvalue weighted by Crippen LogP contribution is 2.17. The fourth-order valence-electron chi connectivity index (χ4n) is 2.45. The number of carbonyl (C=O) groups excluding carboxylic acids is 1. The first-order valence-corrected chi connectivity index (χ1v) is 6.65. The molecule has 2 unspecified atom stereocenters. The van der Waals surface area contributed by atoms with Gasteiger partial charge in [0.05, 0.1) is 25.3 Å². The summed E-state index contributed by atoms with van der Waals surface area (Å²) in [6.45, 7) is 4.60. The molecule has 0 radical (unpaired) electrons. The zero-order valence-electron chi connectivity index (χ0n) is 11.8. The smallest absolute Gasteiger partial charge is 0.229 e. The summed E-state index contributed by atoms with van der Waals surface area (Å²) in [7, 11) is 3.70. The quantitative estimate of drug-likeness (QED) is 0.815. The number of aryl methyl sites for hydroxylation is 1. The number of aromatic nitrogens is 2. The van der Waals surface area contributed by atoms with Crippen molar-refractivity contribution in [3.8, 4) is 0 Å². The van der Waals surface area contributed by atoms with Gasteiger partial charge in [0.1, 0.15) is 0 Å². The largest absolute Gasteiger partial charge is 0.379 e.